The van der Waals surface area contributed by atoms with Crippen molar-refractivity contribution < 1.29 is 4.42 Å². The van der Waals surface area contributed by atoms with Crippen molar-refractivity contribution in [2.24, 2.45) is 0 Å². The number of benzene rings is 6. The third-order valence-corrected chi connectivity index (χ3v) is 10.8. The minimum atomic E-state index is -0.431. The van der Waals surface area contributed by atoms with Gasteiger partial charge in [0.05, 0.1) is 11.0 Å². The van der Waals surface area contributed by atoms with E-state index in [-0.39, 0.29) is 0 Å². The van der Waals surface area contributed by atoms with E-state index in [4.69, 9.17) is 19.4 Å². The molecule has 4 heteroatoms. The zero-order chi connectivity index (χ0) is 33.5. The molecule has 2 heterocycles. The van der Waals surface area contributed by atoms with Crippen LogP contribution in [0.15, 0.2) is 174 Å². The number of fused-ring (bicyclic) bond motifs is 14. The van der Waals surface area contributed by atoms with Crippen LogP contribution in [0.2, 0.25) is 0 Å². The minimum absolute atomic E-state index is 0.431. The Balaban J connectivity index is 1.20. The number of para-hydroxylation sites is 1. The van der Waals surface area contributed by atoms with E-state index in [9.17, 15) is 0 Å². The average Bonchev–Trinajstić information content (AvgIpc) is 3.73. The second kappa shape index (κ2) is 10.7. The second-order valence-electron chi connectivity index (χ2n) is 13.4. The summed E-state index contributed by atoms with van der Waals surface area (Å²) in [7, 11) is 0. The molecule has 51 heavy (non-hydrogen) atoms. The molecule has 0 unspecified atom stereocenters. The summed E-state index contributed by atoms with van der Waals surface area (Å²) in [5.74, 6) is 1.83. The molecule has 0 radical (unpaired) electrons. The van der Waals surface area contributed by atoms with Crippen LogP contribution >= 0.6 is 0 Å². The zero-order valence-electron chi connectivity index (χ0n) is 27.5. The summed E-state index contributed by atoms with van der Waals surface area (Å²) in [5.41, 5.74) is 14.1. The maximum absolute atomic E-state index is 7.15. The second-order valence-corrected chi connectivity index (χ2v) is 13.4. The number of hydrogen-bond donors (Lipinski definition) is 0. The van der Waals surface area contributed by atoms with Gasteiger partial charge in [-0.05, 0) is 51.5 Å². The molecule has 3 aliphatic carbocycles. The Hall–Kier alpha value is -6.65. The topological polar surface area (TPSA) is 51.8 Å². The number of hydrogen-bond acceptors (Lipinski definition) is 4. The molecular weight excluding hydrogens is 623 g/mol. The van der Waals surface area contributed by atoms with Crippen molar-refractivity contribution in [2.75, 3.05) is 0 Å². The van der Waals surface area contributed by atoms with E-state index in [2.05, 4.69) is 103 Å². The SMILES string of the molecule is C1=CCC=C2C(=C1)c1c(ccc3c1oc1c(-c4nc(-c5ccccc5)nc(-c5ccccc5)n4)cccc13)C21c2ccccc2-c2ccccc21. The molecule has 3 aliphatic rings. The Morgan fingerprint density at radius 1 is 0.490 bits per heavy atom. The van der Waals surface area contributed by atoms with E-state index < -0.39 is 5.41 Å². The molecule has 1 spiro atoms. The third kappa shape index (κ3) is 3.87. The van der Waals surface area contributed by atoms with Crippen LogP contribution in [-0.4, -0.2) is 15.0 Å². The maximum Gasteiger partial charge on any atom is 0.167 e. The summed E-state index contributed by atoms with van der Waals surface area (Å²) in [5, 5.41) is 2.12. The predicted molar refractivity (Wildman–Crippen MR) is 205 cm³/mol. The largest absolute Gasteiger partial charge is 0.455 e. The number of nitrogens with zero attached hydrogens (tertiary/aromatic N) is 3. The fraction of sp³-hybridized carbons (Fsp3) is 0.0426. The van der Waals surface area contributed by atoms with Gasteiger partial charge in [0.1, 0.15) is 11.2 Å². The van der Waals surface area contributed by atoms with Crippen LogP contribution in [-0.2, 0) is 5.41 Å². The molecule has 0 amide bonds. The van der Waals surface area contributed by atoms with E-state index in [1.54, 1.807) is 0 Å². The molecular formula is C47H29N3O. The summed E-state index contributed by atoms with van der Waals surface area (Å²) in [6, 6.07) is 48.9. The Bertz CT molecular complexity index is 2720. The Morgan fingerprint density at radius 3 is 1.76 bits per heavy atom. The highest BCUT2D eigenvalue weighted by Crippen LogP contribution is 2.65. The van der Waals surface area contributed by atoms with Crippen molar-refractivity contribution >= 4 is 27.5 Å². The predicted octanol–water partition coefficient (Wildman–Crippen LogP) is 11.4. The van der Waals surface area contributed by atoms with Crippen LogP contribution in [0, 0.1) is 0 Å². The summed E-state index contributed by atoms with van der Waals surface area (Å²) in [6.07, 6.45) is 10.0. The molecule has 0 N–H and O–H groups in total. The molecule has 8 aromatic rings. The van der Waals surface area contributed by atoms with Crippen LogP contribution < -0.4 is 0 Å². The first-order valence-electron chi connectivity index (χ1n) is 17.4. The zero-order valence-corrected chi connectivity index (χ0v) is 27.5. The summed E-state index contributed by atoms with van der Waals surface area (Å²) in [6.45, 7) is 0. The first-order valence-corrected chi connectivity index (χ1v) is 17.4. The molecule has 4 nitrogen and oxygen atoms in total. The summed E-state index contributed by atoms with van der Waals surface area (Å²) in [4.78, 5) is 15.1. The number of aromatic nitrogens is 3. The van der Waals surface area contributed by atoms with Crippen LogP contribution in [0.3, 0.4) is 0 Å². The van der Waals surface area contributed by atoms with E-state index in [0.29, 0.717) is 17.5 Å². The lowest BCUT2D eigenvalue weighted by Gasteiger charge is -2.30. The quantitative estimate of drug-likeness (QED) is 0.191. The van der Waals surface area contributed by atoms with Crippen LogP contribution in [0.25, 0.3) is 72.8 Å². The monoisotopic (exact) mass is 651 g/mol. The van der Waals surface area contributed by atoms with Crippen molar-refractivity contribution in [3.05, 3.63) is 192 Å². The Morgan fingerprint density at radius 2 is 1.08 bits per heavy atom. The molecule has 0 fully saturated rings. The van der Waals surface area contributed by atoms with Crippen molar-refractivity contribution in [1.82, 2.24) is 15.0 Å². The highest BCUT2D eigenvalue weighted by atomic mass is 16.3. The van der Waals surface area contributed by atoms with Crippen LogP contribution in [0.5, 0.6) is 0 Å². The van der Waals surface area contributed by atoms with Gasteiger partial charge in [-0.25, -0.2) is 15.0 Å². The van der Waals surface area contributed by atoms with Gasteiger partial charge in [-0.2, -0.15) is 0 Å². The fourth-order valence-corrected chi connectivity index (χ4v) is 8.71. The first kappa shape index (κ1) is 28.2. The van der Waals surface area contributed by atoms with Crippen molar-refractivity contribution in [2.45, 2.75) is 11.8 Å². The van der Waals surface area contributed by atoms with Crippen molar-refractivity contribution in [1.29, 1.82) is 0 Å². The van der Waals surface area contributed by atoms with Gasteiger partial charge in [0, 0.05) is 27.5 Å². The standard InChI is InChI=1S/C47H29N3O/c1-4-15-29(16-5-1)44-48-45(30-17-6-2-7-18-30)50-46(49-44)36-23-14-22-33-34-27-28-40-41(43(34)51-42(33)36)35-21-8-3-9-24-39(35)47(40)37-25-12-10-19-31(37)32-20-11-13-26-38(32)47/h1-8,10-28H,9H2. The minimum Gasteiger partial charge on any atom is -0.455 e. The normalized spacial score (nSPS) is 14.9. The molecule has 0 atom stereocenters. The van der Waals surface area contributed by atoms with Gasteiger partial charge >= 0.3 is 0 Å². The molecule has 0 bridgehead atoms. The van der Waals surface area contributed by atoms with Gasteiger partial charge in [-0.15, -0.1) is 0 Å². The highest BCUT2D eigenvalue weighted by Gasteiger charge is 2.54. The van der Waals surface area contributed by atoms with Crippen molar-refractivity contribution in [3.8, 4) is 45.3 Å². The molecule has 11 rings (SSSR count). The molecule has 0 aliphatic heterocycles. The molecule has 238 valence electrons. The fourth-order valence-electron chi connectivity index (χ4n) is 8.71. The van der Waals surface area contributed by atoms with Gasteiger partial charge in [0.2, 0.25) is 0 Å². The van der Waals surface area contributed by atoms with Gasteiger partial charge < -0.3 is 4.42 Å². The first-order chi connectivity index (χ1) is 25.3. The van der Waals surface area contributed by atoms with E-state index >= 15 is 0 Å². The van der Waals surface area contributed by atoms with E-state index in [1.165, 1.54) is 39.0 Å². The van der Waals surface area contributed by atoms with Crippen molar-refractivity contribution in [3.63, 3.8) is 0 Å². The molecule has 6 aromatic carbocycles. The lowest BCUT2D eigenvalue weighted by Crippen LogP contribution is -2.26. The smallest absolute Gasteiger partial charge is 0.167 e. The maximum atomic E-state index is 7.15. The Kier molecular flexibility index (Phi) is 5.90. The van der Waals surface area contributed by atoms with Gasteiger partial charge in [-0.3, -0.25) is 0 Å². The highest BCUT2D eigenvalue weighted by molar-refractivity contribution is 6.15. The number of furan rings is 1. The van der Waals surface area contributed by atoms with Crippen LogP contribution in [0.4, 0.5) is 0 Å². The number of rotatable bonds is 3. The van der Waals surface area contributed by atoms with E-state index in [1.807, 2.05) is 60.7 Å². The third-order valence-electron chi connectivity index (χ3n) is 10.8. The van der Waals surface area contributed by atoms with Crippen LogP contribution in [0.1, 0.15) is 28.7 Å². The molecule has 2 aromatic heterocycles. The summed E-state index contributed by atoms with van der Waals surface area (Å²) >= 11 is 0. The average molecular weight is 652 g/mol. The van der Waals surface area contributed by atoms with Gasteiger partial charge in [0.25, 0.3) is 0 Å². The van der Waals surface area contributed by atoms with E-state index in [0.717, 1.165) is 50.6 Å². The molecule has 0 saturated heterocycles. The Labute approximate surface area is 294 Å². The molecule has 0 saturated carbocycles. The number of allylic oxidation sites excluding steroid dienone is 6. The van der Waals surface area contributed by atoms with Gasteiger partial charge in [0.15, 0.2) is 17.5 Å². The lowest BCUT2D eigenvalue weighted by molar-refractivity contribution is 0.667. The van der Waals surface area contributed by atoms with Gasteiger partial charge in [-0.1, -0.05) is 158 Å². The lowest BCUT2D eigenvalue weighted by atomic mass is 9.70. The summed E-state index contributed by atoms with van der Waals surface area (Å²) < 4.78 is 7.15.